The van der Waals surface area contributed by atoms with Crippen molar-refractivity contribution in [2.45, 2.75) is 52.5 Å². The van der Waals surface area contributed by atoms with Gasteiger partial charge in [0.15, 0.2) is 5.79 Å². The molecule has 0 aliphatic carbocycles. The fourth-order valence-corrected chi connectivity index (χ4v) is 6.15. The molecule has 0 unspecified atom stereocenters. The summed E-state index contributed by atoms with van der Waals surface area (Å²) in [5, 5.41) is 44.5. The zero-order valence-electron chi connectivity index (χ0n) is 24.6. The number of hydrogen-bond acceptors (Lipinski definition) is 6. The Labute approximate surface area is 245 Å². The molecule has 0 saturated carbocycles. The lowest BCUT2D eigenvalue weighted by Crippen LogP contribution is -2.68. The summed E-state index contributed by atoms with van der Waals surface area (Å²) in [6, 6.07) is 33.5. The molecule has 0 aliphatic rings. The van der Waals surface area contributed by atoms with Crippen LogP contribution in [0, 0.1) is 10.8 Å². The van der Waals surface area contributed by atoms with E-state index in [1.165, 1.54) is 0 Å². The Hall–Kier alpha value is -4.40. The minimum absolute atomic E-state index is 0.593. The topological polar surface area (TPSA) is 102 Å². The molecule has 6 rings (SSSR count). The highest BCUT2D eigenvalue weighted by atomic mass is 16.5. The SMILES string of the molecule is CC(C)(C)C(O)(O)C(C)(C)C(c1ccccc1Cc1ccccc1)(n1nc2ccccc2n1)n1nc2ccccc2n1. The van der Waals surface area contributed by atoms with Gasteiger partial charge in [0.25, 0.3) is 0 Å². The highest BCUT2D eigenvalue weighted by Gasteiger charge is 2.66. The lowest BCUT2D eigenvalue weighted by molar-refractivity contribution is -0.318. The average molecular weight is 561 g/mol. The van der Waals surface area contributed by atoms with Gasteiger partial charge in [0.1, 0.15) is 22.1 Å². The molecule has 0 spiro atoms. The van der Waals surface area contributed by atoms with Gasteiger partial charge in [-0.2, -0.15) is 20.4 Å². The van der Waals surface area contributed by atoms with E-state index in [1.54, 1.807) is 9.59 Å². The van der Waals surface area contributed by atoms with E-state index in [2.05, 4.69) is 18.2 Å². The number of hydrogen-bond donors (Lipinski definition) is 2. The van der Waals surface area contributed by atoms with Crippen molar-refractivity contribution in [2.75, 3.05) is 0 Å². The minimum Gasteiger partial charge on any atom is -0.365 e. The van der Waals surface area contributed by atoms with Crippen molar-refractivity contribution in [3.8, 4) is 0 Å². The summed E-state index contributed by atoms with van der Waals surface area (Å²) in [5.74, 6) is -2.26. The van der Waals surface area contributed by atoms with Crippen molar-refractivity contribution in [1.29, 1.82) is 0 Å². The van der Waals surface area contributed by atoms with Gasteiger partial charge >= 0.3 is 0 Å². The van der Waals surface area contributed by atoms with E-state index in [0.29, 0.717) is 28.5 Å². The fraction of sp³-hybridized carbons (Fsp3) is 0.294. The monoisotopic (exact) mass is 560 g/mol. The van der Waals surface area contributed by atoms with E-state index >= 15 is 0 Å². The third-order valence-corrected chi connectivity index (χ3v) is 8.57. The zero-order chi connectivity index (χ0) is 29.8. The van der Waals surface area contributed by atoms with Gasteiger partial charge in [-0.15, -0.1) is 9.59 Å². The molecule has 0 atom stereocenters. The number of benzene rings is 4. The standard InChI is InChI=1S/C34H36N6O2/c1-31(2,3)34(41,42)32(4,5)33(39-35-27-19-11-12-20-28(27)36-39,40-37-29-21-13-14-22-30(29)38-40)26-18-10-9-17-25(26)23-24-15-7-6-8-16-24/h6-22,41-42H,23H2,1-5H3. The van der Waals surface area contributed by atoms with Crippen molar-refractivity contribution in [1.82, 2.24) is 30.0 Å². The van der Waals surface area contributed by atoms with E-state index < -0.39 is 22.3 Å². The average Bonchev–Trinajstić information content (AvgIpc) is 3.59. The lowest BCUT2D eigenvalue weighted by Gasteiger charge is -2.55. The summed E-state index contributed by atoms with van der Waals surface area (Å²) in [6.45, 7) is 9.11. The molecule has 0 aliphatic heterocycles. The van der Waals surface area contributed by atoms with Gasteiger partial charge in [-0.3, -0.25) is 0 Å². The van der Waals surface area contributed by atoms with Gasteiger partial charge in [0.05, 0.1) is 5.41 Å². The van der Waals surface area contributed by atoms with Crippen LogP contribution in [-0.2, 0) is 12.1 Å². The Morgan fingerprint density at radius 3 is 1.40 bits per heavy atom. The molecule has 0 amide bonds. The van der Waals surface area contributed by atoms with Crippen LogP contribution in [0.1, 0.15) is 51.3 Å². The van der Waals surface area contributed by atoms with Gasteiger partial charge in [-0.1, -0.05) is 99.6 Å². The summed E-state index contributed by atoms with van der Waals surface area (Å²) in [4.78, 5) is 3.18. The van der Waals surface area contributed by atoms with Crippen LogP contribution in [-0.4, -0.2) is 46.0 Å². The Balaban J connectivity index is 1.78. The third kappa shape index (κ3) is 4.13. The van der Waals surface area contributed by atoms with Crippen molar-refractivity contribution in [3.63, 3.8) is 0 Å². The van der Waals surface area contributed by atoms with Crippen LogP contribution in [0.5, 0.6) is 0 Å². The van der Waals surface area contributed by atoms with Crippen LogP contribution in [0.15, 0.2) is 103 Å². The molecule has 0 radical (unpaired) electrons. The van der Waals surface area contributed by atoms with E-state index in [0.717, 1.165) is 16.7 Å². The smallest absolute Gasteiger partial charge is 0.227 e. The summed E-state index contributed by atoms with van der Waals surface area (Å²) in [7, 11) is 0. The van der Waals surface area contributed by atoms with Crippen LogP contribution in [0.3, 0.4) is 0 Å². The predicted molar refractivity (Wildman–Crippen MR) is 164 cm³/mol. The second-order valence-electron chi connectivity index (χ2n) is 12.5. The molecular weight excluding hydrogens is 524 g/mol. The maximum Gasteiger partial charge on any atom is 0.227 e. The number of nitrogens with zero attached hydrogens (tertiary/aromatic N) is 6. The first-order valence-electron chi connectivity index (χ1n) is 14.2. The number of aliphatic hydroxyl groups is 2. The molecule has 0 saturated heterocycles. The van der Waals surface area contributed by atoms with E-state index in [-0.39, 0.29) is 0 Å². The number of aromatic nitrogens is 6. The van der Waals surface area contributed by atoms with Crippen LogP contribution >= 0.6 is 0 Å². The first-order valence-corrected chi connectivity index (χ1v) is 14.2. The maximum absolute atomic E-state index is 12.2. The Morgan fingerprint density at radius 1 is 0.548 bits per heavy atom. The Morgan fingerprint density at radius 2 is 0.952 bits per heavy atom. The number of fused-ring (bicyclic) bond motifs is 2. The van der Waals surface area contributed by atoms with Crippen LogP contribution in [0.2, 0.25) is 0 Å². The normalized spacial score (nSPS) is 13.2. The lowest BCUT2D eigenvalue weighted by atomic mass is 9.61. The molecule has 2 N–H and O–H groups in total. The Kier molecular flexibility index (Phi) is 6.51. The van der Waals surface area contributed by atoms with Gasteiger partial charge < -0.3 is 10.2 Å². The molecule has 2 heterocycles. The molecule has 42 heavy (non-hydrogen) atoms. The quantitative estimate of drug-likeness (QED) is 0.241. The van der Waals surface area contributed by atoms with Gasteiger partial charge in [0.2, 0.25) is 5.66 Å². The molecule has 2 aromatic heterocycles. The number of rotatable bonds is 7. The summed E-state index contributed by atoms with van der Waals surface area (Å²) in [5.41, 5.74) is 1.60. The summed E-state index contributed by atoms with van der Waals surface area (Å²) >= 11 is 0. The highest BCUT2D eigenvalue weighted by molar-refractivity contribution is 5.74. The molecule has 4 aromatic carbocycles. The first kappa shape index (κ1) is 27.8. The third-order valence-electron chi connectivity index (χ3n) is 8.57. The van der Waals surface area contributed by atoms with Crippen LogP contribution in [0.4, 0.5) is 0 Å². The van der Waals surface area contributed by atoms with Crippen molar-refractivity contribution in [3.05, 3.63) is 120 Å². The van der Waals surface area contributed by atoms with E-state index in [9.17, 15) is 10.2 Å². The molecule has 0 fully saturated rings. The van der Waals surface area contributed by atoms with Crippen LogP contribution < -0.4 is 0 Å². The second kappa shape index (κ2) is 9.86. The van der Waals surface area contributed by atoms with Gasteiger partial charge in [-0.25, -0.2) is 0 Å². The van der Waals surface area contributed by atoms with Crippen molar-refractivity contribution in [2.24, 2.45) is 10.8 Å². The Bertz CT molecular complexity index is 1720. The molecule has 8 nitrogen and oxygen atoms in total. The molecule has 0 bridgehead atoms. The van der Waals surface area contributed by atoms with E-state index in [1.807, 2.05) is 120 Å². The van der Waals surface area contributed by atoms with Gasteiger partial charge in [-0.05, 0) is 55.7 Å². The summed E-state index contributed by atoms with van der Waals surface area (Å²) in [6.07, 6.45) is 0.593. The minimum atomic E-state index is -2.26. The van der Waals surface area contributed by atoms with Crippen molar-refractivity contribution < 1.29 is 10.2 Å². The van der Waals surface area contributed by atoms with Crippen LogP contribution in [0.25, 0.3) is 22.1 Å². The molecule has 214 valence electrons. The zero-order valence-corrected chi connectivity index (χ0v) is 24.6. The summed E-state index contributed by atoms with van der Waals surface area (Å²) < 4.78 is 0. The largest absolute Gasteiger partial charge is 0.365 e. The molecule has 6 aromatic rings. The highest BCUT2D eigenvalue weighted by Crippen LogP contribution is 2.55. The first-order chi connectivity index (χ1) is 20.0. The molecule has 8 heteroatoms. The maximum atomic E-state index is 12.2. The predicted octanol–water partition coefficient (Wildman–Crippen LogP) is 5.77. The van der Waals surface area contributed by atoms with Crippen molar-refractivity contribution >= 4 is 22.1 Å². The van der Waals surface area contributed by atoms with Gasteiger partial charge in [0, 0.05) is 11.0 Å². The fourth-order valence-electron chi connectivity index (χ4n) is 6.15. The van der Waals surface area contributed by atoms with E-state index in [4.69, 9.17) is 20.4 Å². The second-order valence-corrected chi connectivity index (χ2v) is 12.5. The molecular formula is C34H36N6O2.